The summed E-state index contributed by atoms with van der Waals surface area (Å²) in [5.74, 6) is -0.441. The number of hydrogen-bond acceptors (Lipinski definition) is 5. The van der Waals surface area contributed by atoms with Gasteiger partial charge in [0.25, 0.3) is 0 Å². The molecule has 2 saturated heterocycles. The maximum Gasteiger partial charge on any atom is 0.222 e. The molecule has 2 aromatic rings. The highest BCUT2D eigenvalue weighted by Gasteiger charge is 2.38. The third kappa shape index (κ3) is 6.98. The molecule has 0 unspecified atom stereocenters. The van der Waals surface area contributed by atoms with Crippen LogP contribution in [-0.2, 0) is 27.4 Å². The minimum Gasteiger partial charge on any atom is -0.389 e. The van der Waals surface area contributed by atoms with Crippen LogP contribution in [0.1, 0.15) is 30.4 Å². The summed E-state index contributed by atoms with van der Waals surface area (Å²) in [6, 6.07) is 14.0. The number of carbonyl (C=O) groups is 1. The molecule has 2 aromatic carbocycles. The van der Waals surface area contributed by atoms with E-state index >= 15 is 0 Å². The molecular formula is C25H30ClFN2O4. The topological polar surface area (TPSA) is 71.0 Å². The van der Waals surface area contributed by atoms with Gasteiger partial charge < -0.3 is 19.9 Å². The van der Waals surface area contributed by atoms with E-state index in [1.807, 2.05) is 24.3 Å². The van der Waals surface area contributed by atoms with Crippen LogP contribution < -0.4 is 5.32 Å². The summed E-state index contributed by atoms with van der Waals surface area (Å²) in [6.45, 7) is 2.08. The Morgan fingerprint density at radius 1 is 1.15 bits per heavy atom. The van der Waals surface area contributed by atoms with Gasteiger partial charge >= 0.3 is 0 Å². The van der Waals surface area contributed by atoms with Crippen molar-refractivity contribution in [2.24, 2.45) is 0 Å². The van der Waals surface area contributed by atoms with Crippen molar-refractivity contribution in [3.05, 3.63) is 70.5 Å². The molecule has 2 aliphatic rings. The highest BCUT2D eigenvalue weighted by atomic mass is 35.5. The lowest BCUT2D eigenvalue weighted by molar-refractivity contribution is -0.158. The van der Waals surface area contributed by atoms with E-state index in [1.54, 1.807) is 12.1 Å². The molecule has 1 amide bonds. The van der Waals surface area contributed by atoms with E-state index in [0.29, 0.717) is 24.7 Å². The van der Waals surface area contributed by atoms with Crippen molar-refractivity contribution in [3.63, 3.8) is 0 Å². The number of benzene rings is 2. The summed E-state index contributed by atoms with van der Waals surface area (Å²) in [4.78, 5) is 14.7. The Balaban J connectivity index is 1.34. The average molecular weight is 477 g/mol. The lowest BCUT2D eigenvalue weighted by Crippen LogP contribution is -2.55. The fraction of sp³-hybridized carbons (Fsp3) is 0.480. The normalized spacial score (nSPS) is 26.2. The quantitative estimate of drug-likeness (QED) is 0.669. The standard InChI is InChI=1S/C25H30ClFN2O4/c26-19-6-4-17(5-7-19)13-29-14-21(30)15-32-16-24-23(29)9-8-22(33-24)11-25(31)28-12-18-2-1-3-20(27)10-18/h1-7,10,21-24,30H,8-9,11-16H2,(H,28,31)/t21-,22-,23-,24+/m1/s1. The molecule has 0 saturated carbocycles. The van der Waals surface area contributed by atoms with Gasteiger partial charge in [0.2, 0.25) is 5.91 Å². The van der Waals surface area contributed by atoms with Gasteiger partial charge in [-0.2, -0.15) is 0 Å². The SMILES string of the molecule is O=C(C[C@H]1CC[C@@H]2[C@H](COC[C@H](O)CN2Cc2ccc(Cl)cc2)O1)NCc1cccc(F)c1. The van der Waals surface area contributed by atoms with Crippen LogP contribution in [0.5, 0.6) is 0 Å². The van der Waals surface area contributed by atoms with Crippen molar-refractivity contribution in [2.75, 3.05) is 19.8 Å². The fourth-order valence-electron chi connectivity index (χ4n) is 4.58. The third-order valence-corrected chi connectivity index (χ3v) is 6.43. The predicted octanol–water partition coefficient (Wildman–Crippen LogP) is 3.29. The fourth-order valence-corrected chi connectivity index (χ4v) is 4.70. The Morgan fingerprint density at radius 2 is 1.97 bits per heavy atom. The molecule has 2 aliphatic heterocycles. The van der Waals surface area contributed by atoms with E-state index < -0.39 is 6.10 Å². The number of aliphatic hydroxyl groups is 1. The third-order valence-electron chi connectivity index (χ3n) is 6.18. The summed E-state index contributed by atoms with van der Waals surface area (Å²) >= 11 is 6.02. The molecule has 0 radical (unpaired) electrons. The largest absolute Gasteiger partial charge is 0.389 e. The Morgan fingerprint density at radius 3 is 2.76 bits per heavy atom. The molecule has 2 N–H and O–H groups in total. The molecule has 0 spiro atoms. The number of β-amino-alcohol motifs (C(OH)–C–C–N with tert-alkyl or cyclic N) is 1. The highest BCUT2D eigenvalue weighted by Crippen LogP contribution is 2.29. The van der Waals surface area contributed by atoms with Gasteiger partial charge in [0.1, 0.15) is 5.82 Å². The van der Waals surface area contributed by atoms with E-state index in [4.69, 9.17) is 21.1 Å². The molecule has 178 valence electrons. The van der Waals surface area contributed by atoms with Crippen molar-refractivity contribution in [3.8, 4) is 0 Å². The molecule has 2 heterocycles. The van der Waals surface area contributed by atoms with Gasteiger partial charge in [-0.3, -0.25) is 9.69 Å². The van der Waals surface area contributed by atoms with Gasteiger partial charge in [-0.1, -0.05) is 35.9 Å². The number of hydrogen-bond donors (Lipinski definition) is 2. The number of carbonyl (C=O) groups excluding carboxylic acids is 1. The highest BCUT2D eigenvalue weighted by molar-refractivity contribution is 6.30. The molecule has 0 aliphatic carbocycles. The molecule has 33 heavy (non-hydrogen) atoms. The summed E-state index contributed by atoms with van der Waals surface area (Å²) < 4.78 is 25.3. The van der Waals surface area contributed by atoms with Crippen LogP contribution in [-0.4, -0.2) is 60.0 Å². The van der Waals surface area contributed by atoms with Gasteiger partial charge in [-0.25, -0.2) is 4.39 Å². The number of halogens is 2. The zero-order chi connectivity index (χ0) is 23.2. The zero-order valence-electron chi connectivity index (χ0n) is 18.5. The van der Waals surface area contributed by atoms with Crippen LogP contribution in [0.4, 0.5) is 4.39 Å². The number of nitrogens with zero attached hydrogens (tertiary/aromatic N) is 1. The Labute approximate surface area is 198 Å². The van der Waals surface area contributed by atoms with Crippen molar-refractivity contribution >= 4 is 17.5 Å². The number of amides is 1. The van der Waals surface area contributed by atoms with Crippen molar-refractivity contribution in [2.45, 2.75) is 56.7 Å². The average Bonchev–Trinajstić information content (AvgIpc) is 2.78. The van der Waals surface area contributed by atoms with E-state index in [-0.39, 0.29) is 49.5 Å². The van der Waals surface area contributed by atoms with Crippen LogP contribution in [0.15, 0.2) is 48.5 Å². The number of fused-ring (bicyclic) bond motifs is 1. The lowest BCUT2D eigenvalue weighted by Gasteiger charge is -2.44. The van der Waals surface area contributed by atoms with Crippen molar-refractivity contribution < 1.29 is 23.8 Å². The van der Waals surface area contributed by atoms with Crippen molar-refractivity contribution in [1.82, 2.24) is 10.2 Å². The number of rotatable bonds is 6. The molecule has 2 fully saturated rings. The summed E-state index contributed by atoms with van der Waals surface area (Å²) in [5.41, 5.74) is 1.84. The predicted molar refractivity (Wildman–Crippen MR) is 123 cm³/mol. The smallest absolute Gasteiger partial charge is 0.222 e. The van der Waals surface area contributed by atoms with E-state index in [2.05, 4.69) is 10.2 Å². The second-order valence-electron chi connectivity index (χ2n) is 8.80. The van der Waals surface area contributed by atoms with E-state index in [0.717, 1.165) is 24.0 Å². The summed E-state index contributed by atoms with van der Waals surface area (Å²) in [7, 11) is 0. The number of ether oxygens (including phenoxy) is 2. The molecule has 0 aromatic heterocycles. The lowest BCUT2D eigenvalue weighted by atomic mass is 9.94. The van der Waals surface area contributed by atoms with Gasteiger partial charge in [-0.05, 0) is 48.2 Å². The van der Waals surface area contributed by atoms with Crippen LogP contribution in [0.25, 0.3) is 0 Å². The first-order chi connectivity index (χ1) is 16.0. The minimum absolute atomic E-state index is 0.0854. The van der Waals surface area contributed by atoms with Gasteiger partial charge in [0, 0.05) is 30.7 Å². The second kappa shape index (κ2) is 11.4. The summed E-state index contributed by atoms with van der Waals surface area (Å²) in [5, 5.41) is 13.9. The Bertz CT molecular complexity index is 929. The minimum atomic E-state index is -0.565. The van der Waals surface area contributed by atoms with E-state index in [9.17, 15) is 14.3 Å². The van der Waals surface area contributed by atoms with Crippen LogP contribution in [0, 0.1) is 5.82 Å². The molecule has 8 heteroatoms. The number of nitrogens with one attached hydrogen (secondary N) is 1. The molecule has 6 nitrogen and oxygen atoms in total. The van der Waals surface area contributed by atoms with Gasteiger partial charge in [0.15, 0.2) is 0 Å². The molecule has 4 atom stereocenters. The molecule has 4 rings (SSSR count). The first-order valence-corrected chi connectivity index (χ1v) is 11.7. The van der Waals surface area contributed by atoms with Crippen molar-refractivity contribution in [1.29, 1.82) is 0 Å². The maximum absolute atomic E-state index is 13.3. The van der Waals surface area contributed by atoms with E-state index in [1.165, 1.54) is 12.1 Å². The first kappa shape index (κ1) is 24.1. The Hall–Kier alpha value is -2.03. The number of aliphatic hydroxyl groups excluding tert-OH is 1. The van der Waals surface area contributed by atoms with Gasteiger partial charge in [0.05, 0.1) is 37.9 Å². The van der Waals surface area contributed by atoms with Gasteiger partial charge in [-0.15, -0.1) is 0 Å². The second-order valence-corrected chi connectivity index (χ2v) is 9.24. The Kier molecular flexibility index (Phi) is 8.33. The monoisotopic (exact) mass is 476 g/mol. The van der Waals surface area contributed by atoms with Crippen LogP contribution >= 0.6 is 11.6 Å². The zero-order valence-corrected chi connectivity index (χ0v) is 19.2. The molecular weight excluding hydrogens is 447 g/mol. The van der Waals surface area contributed by atoms with Crippen LogP contribution in [0.2, 0.25) is 5.02 Å². The van der Waals surface area contributed by atoms with Crippen LogP contribution in [0.3, 0.4) is 0 Å². The maximum atomic E-state index is 13.3. The first-order valence-electron chi connectivity index (χ1n) is 11.4. The summed E-state index contributed by atoms with van der Waals surface area (Å²) in [6.07, 6.45) is 0.879. The molecule has 0 bridgehead atoms.